The molecule has 3 nitrogen and oxygen atoms in total. The van der Waals surface area contributed by atoms with Gasteiger partial charge in [0, 0.05) is 32.8 Å². The molecule has 0 aromatic rings. The van der Waals surface area contributed by atoms with Gasteiger partial charge in [0.25, 0.3) is 0 Å². The van der Waals surface area contributed by atoms with Crippen molar-refractivity contribution in [1.29, 1.82) is 0 Å². The lowest BCUT2D eigenvalue weighted by Gasteiger charge is -2.23. The van der Waals surface area contributed by atoms with Gasteiger partial charge in [0.15, 0.2) is 0 Å². The molecule has 0 bridgehead atoms. The van der Waals surface area contributed by atoms with Crippen LogP contribution in [0.25, 0.3) is 0 Å². The minimum Gasteiger partial charge on any atom is -0.385 e. The van der Waals surface area contributed by atoms with E-state index in [1.54, 1.807) is 7.11 Å². The number of nitrogens with zero attached hydrogens (tertiary/aromatic N) is 1. The van der Waals surface area contributed by atoms with Gasteiger partial charge in [-0.05, 0) is 26.4 Å². The van der Waals surface area contributed by atoms with Crippen LogP contribution in [-0.4, -0.2) is 51.3 Å². The van der Waals surface area contributed by atoms with Crippen LogP contribution < -0.4 is 5.32 Å². The average Bonchev–Trinajstić information content (AvgIpc) is 2.17. The first-order valence-corrected chi connectivity index (χ1v) is 5.65. The molecule has 14 heavy (non-hydrogen) atoms. The standard InChI is InChI=1S/C11H26N2O/c1-5-11(12-6-2)10-13(3)8-7-9-14-4/h11-12H,5-10H2,1-4H3. The maximum atomic E-state index is 5.03. The van der Waals surface area contributed by atoms with E-state index < -0.39 is 0 Å². The predicted octanol–water partition coefficient (Wildman–Crippen LogP) is 1.34. The molecular weight excluding hydrogens is 176 g/mol. The summed E-state index contributed by atoms with van der Waals surface area (Å²) in [5.41, 5.74) is 0. The van der Waals surface area contributed by atoms with Crippen LogP contribution in [0, 0.1) is 0 Å². The van der Waals surface area contributed by atoms with Crippen LogP contribution in [0.4, 0.5) is 0 Å². The highest BCUT2D eigenvalue weighted by Gasteiger charge is 2.07. The van der Waals surface area contributed by atoms with Crippen molar-refractivity contribution < 1.29 is 4.74 Å². The summed E-state index contributed by atoms with van der Waals surface area (Å²) >= 11 is 0. The summed E-state index contributed by atoms with van der Waals surface area (Å²) in [5.74, 6) is 0. The van der Waals surface area contributed by atoms with E-state index in [1.165, 1.54) is 6.42 Å². The Morgan fingerprint density at radius 1 is 1.36 bits per heavy atom. The number of ether oxygens (including phenoxy) is 1. The molecule has 0 aromatic heterocycles. The highest BCUT2D eigenvalue weighted by Crippen LogP contribution is 1.96. The second-order valence-corrected chi connectivity index (χ2v) is 3.77. The molecule has 0 amide bonds. The molecule has 1 N–H and O–H groups in total. The number of likely N-dealkylation sites (N-methyl/N-ethyl adjacent to an activating group) is 2. The van der Waals surface area contributed by atoms with Crippen LogP contribution in [0.15, 0.2) is 0 Å². The van der Waals surface area contributed by atoms with Crippen LogP contribution in [0.1, 0.15) is 26.7 Å². The zero-order valence-corrected chi connectivity index (χ0v) is 10.2. The van der Waals surface area contributed by atoms with Gasteiger partial charge in [-0.2, -0.15) is 0 Å². The lowest BCUT2D eigenvalue weighted by atomic mass is 10.2. The Bertz CT molecular complexity index is 120. The molecule has 0 saturated heterocycles. The lowest BCUT2D eigenvalue weighted by molar-refractivity contribution is 0.176. The molecule has 3 heteroatoms. The molecule has 0 fully saturated rings. The maximum Gasteiger partial charge on any atom is 0.0474 e. The molecule has 0 aliphatic carbocycles. The molecule has 1 unspecified atom stereocenters. The van der Waals surface area contributed by atoms with Crippen LogP contribution >= 0.6 is 0 Å². The van der Waals surface area contributed by atoms with E-state index in [0.717, 1.165) is 32.7 Å². The monoisotopic (exact) mass is 202 g/mol. The van der Waals surface area contributed by atoms with Gasteiger partial charge < -0.3 is 15.0 Å². The van der Waals surface area contributed by atoms with Gasteiger partial charge in [-0.25, -0.2) is 0 Å². The summed E-state index contributed by atoms with van der Waals surface area (Å²) in [5, 5.41) is 3.48. The van der Waals surface area contributed by atoms with Crippen LogP contribution in [0.2, 0.25) is 0 Å². The first-order valence-electron chi connectivity index (χ1n) is 5.65. The summed E-state index contributed by atoms with van der Waals surface area (Å²) in [4.78, 5) is 2.37. The first-order chi connectivity index (χ1) is 6.74. The predicted molar refractivity (Wildman–Crippen MR) is 61.7 cm³/mol. The zero-order chi connectivity index (χ0) is 10.8. The van der Waals surface area contributed by atoms with E-state index in [4.69, 9.17) is 4.74 Å². The SMILES string of the molecule is CCNC(CC)CN(C)CCCOC. The van der Waals surface area contributed by atoms with Crippen molar-refractivity contribution in [2.75, 3.05) is 40.4 Å². The third kappa shape index (κ3) is 7.30. The number of hydrogen-bond acceptors (Lipinski definition) is 3. The fourth-order valence-corrected chi connectivity index (χ4v) is 1.57. The Kier molecular flexibility index (Phi) is 9.35. The van der Waals surface area contributed by atoms with Crippen molar-refractivity contribution in [3.8, 4) is 0 Å². The van der Waals surface area contributed by atoms with Gasteiger partial charge in [-0.1, -0.05) is 13.8 Å². The molecule has 0 aliphatic rings. The Morgan fingerprint density at radius 3 is 2.57 bits per heavy atom. The average molecular weight is 202 g/mol. The van der Waals surface area contributed by atoms with Gasteiger partial charge in [-0.15, -0.1) is 0 Å². The summed E-state index contributed by atoms with van der Waals surface area (Å²) in [6.07, 6.45) is 2.32. The molecule has 0 heterocycles. The Morgan fingerprint density at radius 2 is 2.07 bits per heavy atom. The summed E-state index contributed by atoms with van der Waals surface area (Å²) in [6, 6.07) is 0.632. The fourth-order valence-electron chi connectivity index (χ4n) is 1.57. The van der Waals surface area contributed by atoms with Crippen molar-refractivity contribution in [1.82, 2.24) is 10.2 Å². The van der Waals surface area contributed by atoms with E-state index in [2.05, 4.69) is 31.1 Å². The molecule has 0 radical (unpaired) electrons. The van der Waals surface area contributed by atoms with Gasteiger partial charge in [0.05, 0.1) is 0 Å². The van der Waals surface area contributed by atoms with E-state index in [0.29, 0.717) is 6.04 Å². The summed E-state index contributed by atoms with van der Waals surface area (Å²) < 4.78 is 5.03. The zero-order valence-electron chi connectivity index (χ0n) is 10.2. The first kappa shape index (κ1) is 13.9. The van der Waals surface area contributed by atoms with E-state index in [1.807, 2.05) is 0 Å². The Labute approximate surface area is 88.8 Å². The van der Waals surface area contributed by atoms with Crippen molar-refractivity contribution in [2.45, 2.75) is 32.7 Å². The van der Waals surface area contributed by atoms with Gasteiger partial charge in [0.2, 0.25) is 0 Å². The maximum absolute atomic E-state index is 5.03. The van der Waals surface area contributed by atoms with E-state index >= 15 is 0 Å². The number of hydrogen-bond donors (Lipinski definition) is 1. The number of rotatable bonds is 9. The molecular formula is C11H26N2O. The molecule has 0 rings (SSSR count). The number of nitrogens with one attached hydrogen (secondary N) is 1. The van der Waals surface area contributed by atoms with Crippen LogP contribution in [0.3, 0.4) is 0 Å². The summed E-state index contributed by atoms with van der Waals surface area (Å²) in [6.45, 7) is 8.57. The van der Waals surface area contributed by atoms with Crippen LogP contribution in [0.5, 0.6) is 0 Å². The second kappa shape index (κ2) is 9.44. The minimum absolute atomic E-state index is 0.632. The summed E-state index contributed by atoms with van der Waals surface area (Å²) in [7, 11) is 3.93. The van der Waals surface area contributed by atoms with Crippen molar-refractivity contribution in [3.63, 3.8) is 0 Å². The van der Waals surface area contributed by atoms with Gasteiger partial charge in [0.1, 0.15) is 0 Å². The van der Waals surface area contributed by atoms with Crippen molar-refractivity contribution in [2.24, 2.45) is 0 Å². The lowest BCUT2D eigenvalue weighted by Crippen LogP contribution is -2.39. The quantitative estimate of drug-likeness (QED) is 0.571. The molecule has 0 aromatic carbocycles. The van der Waals surface area contributed by atoms with Gasteiger partial charge >= 0.3 is 0 Å². The van der Waals surface area contributed by atoms with E-state index in [9.17, 15) is 0 Å². The fraction of sp³-hybridized carbons (Fsp3) is 1.00. The smallest absolute Gasteiger partial charge is 0.0474 e. The topological polar surface area (TPSA) is 24.5 Å². The molecule has 0 aliphatic heterocycles. The Balaban J connectivity index is 3.51. The second-order valence-electron chi connectivity index (χ2n) is 3.77. The third-order valence-electron chi connectivity index (χ3n) is 2.41. The largest absolute Gasteiger partial charge is 0.385 e. The van der Waals surface area contributed by atoms with Crippen molar-refractivity contribution in [3.05, 3.63) is 0 Å². The van der Waals surface area contributed by atoms with E-state index in [-0.39, 0.29) is 0 Å². The minimum atomic E-state index is 0.632. The van der Waals surface area contributed by atoms with Crippen molar-refractivity contribution >= 4 is 0 Å². The Hall–Kier alpha value is -0.120. The third-order valence-corrected chi connectivity index (χ3v) is 2.41. The molecule has 1 atom stereocenters. The highest BCUT2D eigenvalue weighted by molar-refractivity contribution is 4.67. The molecule has 0 spiro atoms. The molecule has 86 valence electrons. The van der Waals surface area contributed by atoms with Crippen LogP contribution in [-0.2, 0) is 4.74 Å². The van der Waals surface area contributed by atoms with Gasteiger partial charge in [-0.3, -0.25) is 0 Å². The normalized spacial score (nSPS) is 13.5. The number of methoxy groups -OCH3 is 1. The highest BCUT2D eigenvalue weighted by atomic mass is 16.5. The molecule has 0 saturated carbocycles.